The molecule has 3 aliphatic rings. The molecule has 4 nitrogen and oxygen atoms in total. The Kier molecular flexibility index (Phi) is 4.80. The molecule has 1 saturated heterocycles. The van der Waals surface area contributed by atoms with E-state index < -0.39 is 0 Å². The van der Waals surface area contributed by atoms with E-state index in [9.17, 15) is 0 Å². The summed E-state index contributed by atoms with van der Waals surface area (Å²) in [5.41, 5.74) is 6.70. The molecule has 5 rings (SSSR count). The Hall–Kier alpha value is -3.11. The fourth-order valence-electron chi connectivity index (χ4n) is 4.44. The molecule has 0 amide bonds. The van der Waals surface area contributed by atoms with Crippen LogP contribution in [0.25, 0.3) is 33.4 Å². The number of nitrogens with one attached hydrogen (secondary N) is 1. The predicted molar refractivity (Wildman–Crippen MR) is 123 cm³/mol. The average Bonchev–Trinajstić information content (AvgIpc) is 3.25. The highest BCUT2D eigenvalue weighted by Crippen LogP contribution is 2.40. The number of anilines is 1. The molecule has 2 aromatic carbocycles. The summed E-state index contributed by atoms with van der Waals surface area (Å²) in [6.45, 7) is 3.45. The molecule has 1 N–H and O–H groups in total. The Labute approximate surface area is 177 Å². The zero-order valence-electron chi connectivity index (χ0n) is 17.6. The normalized spacial score (nSPS) is 14.6. The van der Waals surface area contributed by atoms with E-state index in [1.807, 2.05) is 32.3 Å². The van der Waals surface area contributed by atoms with Crippen molar-refractivity contribution in [2.45, 2.75) is 19.4 Å². The maximum absolute atomic E-state index is 8.03. The summed E-state index contributed by atoms with van der Waals surface area (Å²) in [4.78, 5) is 4.60. The second kappa shape index (κ2) is 7.62. The lowest BCUT2D eigenvalue weighted by Gasteiger charge is -2.18. The standard InChI is InChI=1S/C26H27N3O/c1-28(2)21-10-12-23-25(16-21)30-24-15-20(27)9-11-22(24)26(23)19-7-5-18(6-8-19)17-29-13-3-4-14-29/h5-12,15-16,27H,3-4,13-14,17H2,1-2H3. The minimum atomic E-state index is 0.460. The first-order chi connectivity index (χ1) is 14.6. The molecular formula is C26H27N3O. The van der Waals surface area contributed by atoms with E-state index in [4.69, 9.17) is 9.83 Å². The first-order valence-corrected chi connectivity index (χ1v) is 10.6. The van der Waals surface area contributed by atoms with Gasteiger partial charge in [-0.2, -0.15) is 0 Å². The van der Waals surface area contributed by atoms with Gasteiger partial charge in [-0.15, -0.1) is 0 Å². The third kappa shape index (κ3) is 3.48. The van der Waals surface area contributed by atoms with Crippen LogP contribution in [-0.4, -0.2) is 32.1 Å². The van der Waals surface area contributed by atoms with Crippen molar-refractivity contribution in [3.63, 3.8) is 0 Å². The van der Waals surface area contributed by atoms with Crippen LogP contribution in [0.3, 0.4) is 0 Å². The number of hydrogen-bond acceptors (Lipinski definition) is 4. The minimum absolute atomic E-state index is 0.460. The van der Waals surface area contributed by atoms with Gasteiger partial charge in [0.05, 0.1) is 5.36 Å². The zero-order chi connectivity index (χ0) is 20.7. The highest BCUT2D eigenvalue weighted by atomic mass is 16.3. The minimum Gasteiger partial charge on any atom is -0.456 e. The third-order valence-electron chi connectivity index (χ3n) is 6.07. The first kappa shape index (κ1) is 18.9. The molecule has 2 aliphatic heterocycles. The number of hydrogen-bond donors (Lipinski definition) is 1. The summed E-state index contributed by atoms with van der Waals surface area (Å²) >= 11 is 0. The molecule has 0 aromatic heterocycles. The predicted octanol–water partition coefficient (Wildman–Crippen LogP) is 5.35. The summed E-state index contributed by atoms with van der Waals surface area (Å²) in [6, 6.07) is 21.0. The lowest BCUT2D eigenvalue weighted by atomic mass is 9.93. The van der Waals surface area contributed by atoms with Gasteiger partial charge >= 0.3 is 0 Å². The lowest BCUT2D eigenvalue weighted by molar-refractivity contribution is 0.331. The summed E-state index contributed by atoms with van der Waals surface area (Å²) in [7, 11) is 4.06. The summed E-state index contributed by atoms with van der Waals surface area (Å²) < 4.78 is 6.24. The third-order valence-corrected chi connectivity index (χ3v) is 6.07. The molecule has 152 valence electrons. The maximum Gasteiger partial charge on any atom is 0.137 e. The first-order valence-electron chi connectivity index (χ1n) is 10.6. The molecule has 1 fully saturated rings. The SMILES string of the molecule is CN(C)c1ccc2c(-c3ccc(CN4CCCC4)cc3)c3ccc(=N)cc-3oc2c1. The van der Waals surface area contributed by atoms with Gasteiger partial charge in [-0.25, -0.2) is 0 Å². The van der Waals surface area contributed by atoms with Crippen LogP contribution in [0.5, 0.6) is 0 Å². The Balaban J connectivity index is 1.65. The molecule has 0 bridgehead atoms. The second-order valence-corrected chi connectivity index (χ2v) is 8.44. The van der Waals surface area contributed by atoms with Crippen LogP contribution < -0.4 is 10.3 Å². The fraction of sp³-hybridized carbons (Fsp3) is 0.269. The Morgan fingerprint density at radius 1 is 0.933 bits per heavy atom. The lowest BCUT2D eigenvalue weighted by Crippen LogP contribution is -2.18. The molecule has 0 radical (unpaired) electrons. The van der Waals surface area contributed by atoms with Crippen LogP contribution in [0, 0.1) is 5.41 Å². The molecule has 2 heterocycles. The zero-order valence-corrected chi connectivity index (χ0v) is 17.6. The summed E-state index contributed by atoms with van der Waals surface area (Å²) in [5.74, 6) is 0.752. The molecule has 0 saturated carbocycles. The molecule has 1 aliphatic carbocycles. The number of nitrogens with zero attached hydrogens (tertiary/aromatic N) is 2. The van der Waals surface area contributed by atoms with Crippen molar-refractivity contribution in [3.05, 3.63) is 71.6 Å². The molecule has 0 spiro atoms. The van der Waals surface area contributed by atoms with E-state index in [0.29, 0.717) is 5.36 Å². The topological polar surface area (TPSA) is 43.5 Å². The van der Waals surface area contributed by atoms with Crippen LogP contribution in [0.4, 0.5) is 5.69 Å². The van der Waals surface area contributed by atoms with Crippen LogP contribution in [0.2, 0.25) is 0 Å². The highest BCUT2D eigenvalue weighted by molar-refractivity contribution is 6.02. The van der Waals surface area contributed by atoms with Crippen molar-refractivity contribution in [3.8, 4) is 22.5 Å². The van der Waals surface area contributed by atoms with Gasteiger partial charge in [0.25, 0.3) is 0 Å². The monoisotopic (exact) mass is 397 g/mol. The van der Waals surface area contributed by atoms with Crippen molar-refractivity contribution >= 4 is 16.7 Å². The van der Waals surface area contributed by atoms with E-state index in [0.717, 1.165) is 34.5 Å². The molecule has 0 unspecified atom stereocenters. The van der Waals surface area contributed by atoms with Crippen LogP contribution in [-0.2, 0) is 6.54 Å². The van der Waals surface area contributed by atoms with Crippen LogP contribution in [0.15, 0.2) is 65.1 Å². The quantitative estimate of drug-likeness (QED) is 0.472. The molecule has 4 heteroatoms. The average molecular weight is 398 g/mol. The molecule has 2 aromatic rings. The number of fused-ring (bicyclic) bond motifs is 2. The van der Waals surface area contributed by atoms with Gasteiger partial charge in [0.2, 0.25) is 0 Å². The van der Waals surface area contributed by atoms with Crippen molar-refractivity contribution < 1.29 is 4.42 Å². The van der Waals surface area contributed by atoms with Crippen molar-refractivity contribution in [1.29, 1.82) is 5.41 Å². The molecule has 0 atom stereocenters. The van der Waals surface area contributed by atoms with E-state index in [2.05, 4.69) is 52.3 Å². The van der Waals surface area contributed by atoms with Crippen molar-refractivity contribution in [1.82, 2.24) is 4.90 Å². The van der Waals surface area contributed by atoms with Gasteiger partial charge in [-0.1, -0.05) is 24.3 Å². The van der Waals surface area contributed by atoms with Crippen LogP contribution in [0.1, 0.15) is 18.4 Å². The van der Waals surface area contributed by atoms with Gasteiger partial charge in [0.1, 0.15) is 11.3 Å². The van der Waals surface area contributed by atoms with Crippen LogP contribution >= 0.6 is 0 Å². The van der Waals surface area contributed by atoms with Gasteiger partial charge < -0.3 is 14.7 Å². The fourth-order valence-corrected chi connectivity index (χ4v) is 4.44. The number of rotatable bonds is 4. The molecular weight excluding hydrogens is 370 g/mol. The van der Waals surface area contributed by atoms with Crippen molar-refractivity contribution in [2.24, 2.45) is 0 Å². The van der Waals surface area contributed by atoms with E-state index in [1.165, 1.54) is 42.6 Å². The van der Waals surface area contributed by atoms with Gasteiger partial charge in [-0.05, 0) is 61.3 Å². The second-order valence-electron chi connectivity index (χ2n) is 8.44. The highest BCUT2D eigenvalue weighted by Gasteiger charge is 2.18. The number of likely N-dealkylation sites (tertiary alicyclic amines) is 1. The summed E-state index contributed by atoms with van der Waals surface area (Å²) in [6.07, 6.45) is 2.63. The Bertz CT molecular complexity index is 1220. The van der Waals surface area contributed by atoms with Gasteiger partial charge in [0, 0.05) is 55.0 Å². The maximum atomic E-state index is 8.03. The van der Waals surface area contributed by atoms with E-state index >= 15 is 0 Å². The Morgan fingerprint density at radius 3 is 2.43 bits per heavy atom. The Morgan fingerprint density at radius 2 is 1.70 bits per heavy atom. The largest absolute Gasteiger partial charge is 0.456 e. The van der Waals surface area contributed by atoms with E-state index in [1.54, 1.807) is 0 Å². The van der Waals surface area contributed by atoms with Crippen molar-refractivity contribution in [2.75, 3.05) is 32.1 Å². The van der Waals surface area contributed by atoms with Gasteiger partial charge in [0.15, 0.2) is 0 Å². The molecule has 30 heavy (non-hydrogen) atoms. The van der Waals surface area contributed by atoms with E-state index in [-0.39, 0.29) is 0 Å². The number of benzene rings is 3. The summed E-state index contributed by atoms with van der Waals surface area (Å²) in [5, 5.41) is 9.59. The van der Waals surface area contributed by atoms with Gasteiger partial charge in [-0.3, -0.25) is 4.90 Å². The smallest absolute Gasteiger partial charge is 0.137 e.